The number of alkyl halides is 3. The Morgan fingerprint density at radius 3 is 2.72 bits per heavy atom. The minimum Gasteiger partial charge on any atom is -0.468 e. The molecular formula is C12H19F3N2O. The maximum atomic E-state index is 12.1. The van der Waals surface area contributed by atoms with E-state index in [9.17, 15) is 13.2 Å². The summed E-state index contributed by atoms with van der Waals surface area (Å²) in [5.74, 6) is 0.723. The van der Waals surface area contributed by atoms with Crippen LogP contribution in [-0.2, 0) is 13.1 Å². The molecule has 104 valence electrons. The highest BCUT2D eigenvalue weighted by molar-refractivity contribution is 5.16. The van der Waals surface area contributed by atoms with Gasteiger partial charge >= 0.3 is 6.18 Å². The summed E-state index contributed by atoms with van der Waals surface area (Å²) in [6, 6.07) is 1.84. The predicted octanol–water partition coefficient (Wildman–Crippen LogP) is 2.77. The quantitative estimate of drug-likeness (QED) is 0.821. The van der Waals surface area contributed by atoms with Gasteiger partial charge in [-0.2, -0.15) is 13.2 Å². The molecule has 0 spiro atoms. The van der Waals surface area contributed by atoms with Crippen molar-refractivity contribution in [3.05, 3.63) is 23.7 Å². The van der Waals surface area contributed by atoms with Gasteiger partial charge in [0.1, 0.15) is 5.76 Å². The van der Waals surface area contributed by atoms with Gasteiger partial charge in [0.15, 0.2) is 0 Å². The lowest BCUT2D eigenvalue weighted by Crippen LogP contribution is -2.24. The van der Waals surface area contributed by atoms with Gasteiger partial charge in [-0.1, -0.05) is 6.92 Å². The van der Waals surface area contributed by atoms with Crippen LogP contribution in [0.4, 0.5) is 13.2 Å². The molecule has 0 aromatic carbocycles. The van der Waals surface area contributed by atoms with Crippen molar-refractivity contribution < 1.29 is 17.6 Å². The average molecular weight is 264 g/mol. The van der Waals surface area contributed by atoms with Gasteiger partial charge in [-0.3, -0.25) is 4.90 Å². The van der Waals surface area contributed by atoms with Crippen LogP contribution in [-0.4, -0.2) is 31.2 Å². The lowest BCUT2D eigenvalue weighted by Gasteiger charge is -2.17. The molecule has 1 aromatic rings. The monoisotopic (exact) mass is 264 g/mol. The molecule has 0 saturated carbocycles. The lowest BCUT2D eigenvalue weighted by molar-refractivity contribution is -0.137. The van der Waals surface area contributed by atoms with Crippen molar-refractivity contribution >= 4 is 0 Å². The second-order valence-corrected chi connectivity index (χ2v) is 4.25. The second-order valence-electron chi connectivity index (χ2n) is 4.25. The number of rotatable bonds is 7. The summed E-state index contributed by atoms with van der Waals surface area (Å²) in [6.45, 7) is 3.88. The van der Waals surface area contributed by atoms with Crippen molar-refractivity contribution in [3.8, 4) is 0 Å². The van der Waals surface area contributed by atoms with Gasteiger partial charge in [-0.15, -0.1) is 0 Å². The van der Waals surface area contributed by atoms with Crippen LogP contribution in [0.1, 0.15) is 24.7 Å². The van der Waals surface area contributed by atoms with E-state index in [0.29, 0.717) is 13.1 Å². The summed E-state index contributed by atoms with van der Waals surface area (Å²) in [5.41, 5.74) is 0.996. The number of nitrogens with one attached hydrogen (secondary N) is 1. The standard InChI is InChI=1S/C12H19F3N2O/c1-3-16-8-10-4-7-18-11(10)9-17(2)6-5-12(13,14)15/h4,7,16H,3,5-6,8-9H2,1-2H3. The molecule has 0 atom stereocenters. The van der Waals surface area contributed by atoms with Gasteiger partial charge in [-0.05, 0) is 19.7 Å². The van der Waals surface area contributed by atoms with Crippen molar-refractivity contribution in [2.24, 2.45) is 0 Å². The minimum atomic E-state index is -4.11. The lowest BCUT2D eigenvalue weighted by atomic mass is 10.2. The first-order valence-corrected chi connectivity index (χ1v) is 5.93. The van der Waals surface area contributed by atoms with Crippen molar-refractivity contribution in [1.82, 2.24) is 10.2 Å². The van der Waals surface area contributed by atoms with Crippen molar-refractivity contribution in [3.63, 3.8) is 0 Å². The van der Waals surface area contributed by atoms with E-state index in [-0.39, 0.29) is 6.54 Å². The van der Waals surface area contributed by atoms with Crippen LogP contribution in [0.5, 0.6) is 0 Å². The fourth-order valence-electron chi connectivity index (χ4n) is 1.56. The largest absolute Gasteiger partial charge is 0.468 e. The van der Waals surface area contributed by atoms with Crippen LogP contribution in [0.15, 0.2) is 16.7 Å². The summed E-state index contributed by atoms with van der Waals surface area (Å²) < 4.78 is 41.5. The molecule has 0 radical (unpaired) electrons. The fraction of sp³-hybridized carbons (Fsp3) is 0.667. The van der Waals surface area contributed by atoms with E-state index in [2.05, 4.69) is 5.32 Å². The molecule has 0 aliphatic heterocycles. The molecule has 1 aromatic heterocycles. The highest BCUT2D eigenvalue weighted by atomic mass is 19.4. The molecule has 0 aliphatic rings. The Morgan fingerprint density at radius 1 is 1.39 bits per heavy atom. The summed E-state index contributed by atoms with van der Waals surface area (Å²) in [7, 11) is 1.66. The van der Waals surface area contributed by atoms with Crippen molar-refractivity contribution in [2.45, 2.75) is 32.6 Å². The summed E-state index contributed by atoms with van der Waals surface area (Å²) in [4.78, 5) is 1.61. The van der Waals surface area contributed by atoms with Gasteiger partial charge in [0.2, 0.25) is 0 Å². The maximum absolute atomic E-state index is 12.1. The van der Waals surface area contributed by atoms with Crippen LogP contribution in [0, 0.1) is 0 Å². The smallest absolute Gasteiger partial charge is 0.390 e. The SMILES string of the molecule is CCNCc1ccoc1CN(C)CCC(F)(F)F. The van der Waals surface area contributed by atoms with E-state index in [1.807, 2.05) is 13.0 Å². The highest BCUT2D eigenvalue weighted by Gasteiger charge is 2.27. The average Bonchev–Trinajstić information content (AvgIpc) is 2.70. The molecule has 1 rings (SSSR count). The third kappa shape index (κ3) is 5.55. The van der Waals surface area contributed by atoms with Gasteiger partial charge in [0.25, 0.3) is 0 Å². The van der Waals surface area contributed by atoms with Crippen LogP contribution in [0.3, 0.4) is 0 Å². The van der Waals surface area contributed by atoms with E-state index in [0.717, 1.165) is 17.9 Å². The molecule has 0 aliphatic carbocycles. The Balaban J connectivity index is 2.43. The topological polar surface area (TPSA) is 28.4 Å². The maximum Gasteiger partial charge on any atom is 0.390 e. The molecule has 1 N–H and O–H groups in total. The Kier molecular flexibility index (Phi) is 5.68. The first kappa shape index (κ1) is 15.0. The van der Waals surface area contributed by atoms with Gasteiger partial charge in [-0.25, -0.2) is 0 Å². The minimum absolute atomic E-state index is 0.0230. The Labute approximate surface area is 105 Å². The number of hydrogen-bond acceptors (Lipinski definition) is 3. The van der Waals surface area contributed by atoms with Crippen LogP contribution in [0.25, 0.3) is 0 Å². The van der Waals surface area contributed by atoms with Gasteiger partial charge in [0, 0.05) is 18.7 Å². The van der Waals surface area contributed by atoms with E-state index in [4.69, 9.17) is 4.42 Å². The Morgan fingerprint density at radius 2 is 2.11 bits per heavy atom. The number of hydrogen-bond donors (Lipinski definition) is 1. The summed E-state index contributed by atoms with van der Waals surface area (Å²) >= 11 is 0. The third-order valence-corrected chi connectivity index (χ3v) is 2.59. The molecule has 0 fully saturated rings. The molecular weight excluding hydrogens is 245 g/mol. The van der Waals surface area contributed by atoms with E-state index in [1.165, 1.54) is 0 Å². The van der Waals surface area contributed by atoms with Gasteiger partial charge < -0.3 is 9.73 Å². The van der Waals surface area contributed by atoms with Crippen molar-refractivity contribution in [2.75, 3.05) is 20.1 Å². The predicted molar refractivity (Wildman–Crippen MR) is 63.1 cm³/mol. The molecule has 0 amide bonds. The van der Waals surface area contributed by atoms with Gasteiger partial charge in [0.05, 0.1) is 19.2 Å². The fourth-order valence-corrected chi connectivity index (χ4v) is 1.56. The first-order chi connectivity index (χ1) is 8.42. The molecule has 1 heterocycles. The first-order valence-electron chi connectivity index (χ1n) is 5.93. The molecule has 6 heteroatoms. The van der Waals surface area contributed by atoms with E-state index >= 15 is 0 Å². The van der Waals surface area contributed by atoms with Crippen LogP contribution >= 0.6 is 0 Å². The molecule has 18 heavy (non-hydrogen) atoms. The van der Waals surface area contributed by atoms with Crippen molar-refractivity contribution in [1.29, 1.82) is 0 Å². The Bertz CT molecular complexity index is 349. The van der Waals surface area contributed by atoms with E-state index < -0.39 is 12.6 Å². The zero-order valence-electron chi connectivity index (χ0n) is 10.7. The summed E-state index contributed by atoms with van der Waals surface area (Å²) in [5, 5.41) is 3.16. The molecule has 0 saturated heterocycles. The van der Waals surface area contributed by atoms with Crippen LogP contribution in [0.2, 0.25) is 0 Å². The molecule has 0 unspecified atom stereocenters. The Hall–Kier alpha value is -1.01. The molecule has 3 nitrogen and oxygen atoms in total. The second kappa shape index (κ2) is 6.80. The zero-order valence-corrected chi connectivity index (χ0v) is 10.7. The zero-order chi connectivity index (χ0) is 13.6. The number of nitrogens with zero attached hydrogens (tertiary/aromatic N) is 1. The normalized spacial score (nSPS) is 12.3. The van der Waals surface area contributed by atoms with Crippen LogP contribution < -0.4 is 5.32 Å². The van der Waals surface area contributed by atoms with E-state index in [1.54, 1.807) is 18.2 Å². The summed E-state index contributed by atoms with van der Waals surface area (Å²) in [6.07, 6.45) is -3.34. The highest BCUT2D eigenvalue weighted by Crippen LogP contribution is 2.20. The molecule has 0 bridgehead atoms. The number of furan rings is 1. The number of halogens is 3. The third-order valence-electron chi connectivity index (χ3n) is 2.59.